The summed E-state index contributed by atoms with van der Waals surface area (Å²) in [7, 11) is 0. The molecule has 3 aromatic rings. The van der Waals surface area contributed by atoms with Crippen molar-refractivity contribution in [3.05, 3.63) is 106 Å². The Morgan fingerprint density at radius 1 is 0.914 bits per heavy atom. The van der Waals surface area contributed by atoms with Gasteiger partial charge in [0.2, 0.25) is 11.8 Å². The Morgan fingerprint density at radius 2 is 1.60 bits per heavy atom. The van der Waals surface area contributed by atoms with Gasteiger partial charge in [0.1, 0.15) is 6.04 Å². The van der Waals surface area contributed by atoms with Crippen LogP contribution in [0.15, 0.2) is 78.9 Å². The summed E-state index contributed by atoms with van der Waals surface area (Å²) in [5, 5.41) is 4.24. The van der Waals surface area contributed by atoms with Crippen molar-refractivity contribution >= 4 is 46.8 Å². The van der Waals surface area contributed by atoms with Gasteiger partial charge in [0.05, 0.1) is 5.75 Å². The first-order valence-corrected chi connectivity index (χ1v) is 13.4. The van der Waals surface area contributed by atoms with Crippen LogP contribution in [-0.2, 0) is 28.3 Å². The third kappa shape index (κ3) is 8.60. The van der Waals surface area contributed by atoms with Gasteiger partial charge in [-0.15, -0.1) is 11.8 Å². The van der Waals surface area contributed by atoms with Gasteiger partial charge in [-0.2, -0.15) is 0 Å². The summed E-state index contributed by atoms with van der Waals surface area (Å²) < 4.78 is 0. The number of hydrogen-bond acceptors (Lipinski definition) is 3. The highest BCUT2D eigenvalue weighted by Crippen LogP contribution is 2.23. The van der Waals surface area contributed by atoms with Gasteiger partial charge in [0, 0.05) is 34.8 Å². The van der Waals surface area contributed by atoms with Crippen LogP contribution in [0.3, 0.4) is 0 Å². The van der Waals surface area contributed by atoms with Crippen LogP contribution in [0.2, 0.25) is 10.0 Å². The molecule has 1 atom stereocenters. The lowest BCUT2D eigenvalue weighted by Gasteiger charge is -2.32. The number of carbonyl (C=O) groups is 2. The van der Waals surface area contributed by atoms with Crippen molar-refractivity contribution in [3.8, 4) is 0 Å². The Bertz CT molecular complexity index is 1120. The molecule has 0 heterocycles. The second kappa shape index (κ2) is 13.6. The van der Waals surface area contributed by atoms with Crippen LogP contribution in [0.25, 0.3) is 0 Å². The predicted octanol–water partition coefficient (Wildman–Crippen LogP) is 6.39. The van der Waals surface area contributed by atoms with E-state index >= 15 is 0 Å². The van der Waals surface area contributed by atoms with Crippen LogP contribution < -0.4 is 5.32 Å². The first-order valence-electron chi connectivity index (χ1n) is 11.5. The summed E-state index contributed by atoms with van der Waals surface area (Å²) in [6.07, 6.45) is 0.411. The standard InChI is InChI=1S/C28H30Cl2N2O2S/c1-20(2)31-28(34)26(16-21-9-4-3-5-10-21)32(17-23-12-6-7-14-25(23)30)27(33)19-35-18-22-11-8-13-24(29)15-22/h3-15,20,26H,16-19H2,1-2H3,(H,31,34)/t26-/m0/s1. The Morgan fingerprint density at radius 3 is 2.29 bits per heavy atom. The number of benzene rings is 3. The van der Waals surface area contributed by atoms with E-state index in [0.29, 0.717) is 22.2 Å². The molecule has 0 aliphatic carbocycles. The smallest absolute Gasteiger partial charge is 0.243 e. The number of nitrogens with one attached hydrogen (secondary N) is 1. The molecule has 0 bridgehead atoms. The first kappa shape index (κ1) is 27.1. The quantitative estimate of drug-likeness (QED) is 0.313. The van der Waals surface area contributed by atoms with E-state index in [1.54, 1.807) is 11.0 Å². The van der Waals surface area contributed by atoms with E-state index in [-0.39, 0.29) is 30.2 Å². The lowest BCUT2D eigenvalue weighted by molar-refractivity contribution is -0.139. The minimum atomic E-state index is -0.671. The second-order valence-electron chi connectivity index (χ2n) is 8.60. The molecule has 0 radical (unpaired) electrons. The van der Waals surface area contributed by atoms with E-state index in [0.717, 1.165) is 16.7 Å². The van der Waals surface area contributed by atoms with E-state index in [1.165, 1.54) is 11.8 Å². The van der Waals surface area contributed by atoms with Gasteiger partial charge in [0.25, 0.3) is 0 Å². The Labute approximate surface area is 222 Å². The Hall–Kier alpha value is -2.47. The van der Waals surface area contributed by atoms with Crippen LogP contribution in [0.5, 0.6) is 0 Å². The van der Waals surface area contributed by atoms with Crippen LogP contribution >= 0.6 is 35.0 Å². The van der Waals surface area contributed by atoms with Crippen molar-refractivity contribution < 1.29 is 9.59 Å². The molecule has 2 amide bonds. The molecule has 0 aliphatic heterocycles. The van der Waals surface area contributed by atoms with Gasteiger partial charge >= 0.3 is 0 Å². The largest absolute Gasteiger partial charge is 0.352 e. The minimum absolute atomic E-state index is 0.0461. The fourth-order valence-corrected chi connectivity index (χ4v) is 4.98. The molecule has 184 valence electrons. The number of thioether (sulfide) groups is 1. The number of amides is 2. The second-order valence-corrected chi connectivity index (χ2v) is 10.4. The normalized spacial score (nSPS) is 11.8. The van der Waals surface area contributed by atoms with Crippen molar-refractivity contribution in [3.63, 3.8) is 0 Å². The highest BCUT2D eigenvalue weighted by atomic mass is 35.5. The van der Waals surface area contributed by atoms with Gasteiger partial charge in [-0.3, -0.25) is 9.59 Å². The van der Waals surface area contributed by atoms with Crippen molar-refractivity contribution in [2.24, 2.45) is 0 Å². The number of hydrogen-bond donors (Lipinski definition) is 1. The number of rotatable bonds is 11. The van der Waals surface area contributed by atoms with E-state index in [1.807, 2.05) is 86.6 Å². The number of carbonyl (C=O) groups excluding carboxylic acids is 2. The summed E-state index contributed by atoms with van der Waals surface area (Å²) in [6, 6.07) is 24.1. The van der Waals surface area contributed by atoms with Crippen LogP contribution in [0.1, 0.15) is 30.5 Å². The summed E-state index contributed by atoms with van der Waals surface area (Å²) >= 11 is 14.0. The zero-order chi connectivity index (χ0) is 25.2. The van der Waals surface area contributed by atoms with Gasteiger partial charge in [-0.1, -0.05) is 83.9 Å². The molecule has 3 aromatic carbocycles. The average molecular weight is 530 g/mol. The van der Waals surface area contributed by atoms with E-state index in [4.69, 9.17) is 23.2 Å². The number of halogens is 2. The number of nitrogens with zero attached hydrogens (tertiary/aromatic N) is 1. The van der Waals surface area contributed by atoms with Crippen LogP contribution in [0, 0.1) is 0 Å². The molecule has 35 heavy (non-hydrogen) atoms. The molecule has 0 aromatic heterocycles. The van der Waals surface area contributed by atoms with Crippen molar-refractivity contribution in [2.45, 2.75) is 44.6 Å². The molecule has 0 saturated heterocycles. The molecule has 0 fully saturated rings. The fourth-order valence-electron chi connectivity index (χ4n) is 3.71. The molecule has 0 aliphatic rings. The van der Waals surface area contributed by atoms with E-state index in [9.17, 15) is 9.59 Å². The van der Waals surface area contributed by atoms with Gasteiger partial charge in [0.15, 0.2) is 0 Å². The lowest BCUT2D eigenvalue weighted by Crippen LogP contribution is -2.52. The third-order valence-electron chi connectivity index (χ3n) is 5.38. The summed E-state index contributed by atoms with van der Waals surface area (Å²) in [5.41, 5.74) is 2.84. The fraction of sp³-hybridized carbons (Fsp3) is 0.286. The molecule has 0 spiro atoms. The predicted molar refractivity (Wildman–Crippen MR) is 147 cm³/mol. The van der Waals surface area contributed by atoms with Crippen molar-refractivity contribution in [2.75, 3.05) is 5.75 Å². The summed E-state index contributed by atoms with van der Waals surface area (Å²) in [4.78, 5) is 28.6. The molecule has 0 saturated carbocycles. The lowest BCUT2D eigenvalue weighted by atomic mass is 10.0. The minimum Gasteiger partial charge on any atom is -0.352 e. The SMILES string of the molecule is CC(C)NC(=O)[C@H](Cc1ccccc1)N(Cc1ccccc1Cl)C(=O)CSCc1cccc(Cl)c1. The summed E-state index contributed by atoms with van der Waals surface area (Å²) in [5.74, 6) is 0.589. The van der Waals surface area contributed by atoms with Gasteiger partial charge < -0.3 is 10.2 Å². The molecule has 4 nitrogen and oxygen atoms in total. The third-order valence-corrected chi connectivity index (χ3v) is 6.98. The average Bonchev–Trinajstić information content (AvgIpc) is 2.82. The van der Waals surface area contributed by atoms with Gasteiger partial charge in [-0.05, 0) is 48.7 Å². The molecular weight excluding hydrogens is 499 g/mol. The molecule has 1 N–H and O–H groups in total. The van der Waals surface area contributed by atoms with Crippen LogP contribution in [-0.4, -0.2) is 34.6 Å². The van der Waals surface area contributed by atoms with Crippen LogP contribution in [0.4, 0.5) is 0 Å². The highest BCUT2D eigenvalue weighted by molar-refractivity contribution is 7.99. The zero-order valence-corrected chi connectivity index (χ0v) is 22.2. The molecule has 7 heteroatoms. The van der Waals surface area contributed by atoms with Crippen molar-refractivity contribution in [1.82, 2.24) is 10.2 Å². The maximum absolute atomic E-state index is 13.6. The summed E-state index contributed by atoms with van der Waals surface area (Å²) in [6.45, 7) is 4.08. The van der Waals surface area contributed by atoms with Gasteiger partial charge in [-0.25, -0.2) is 0 Å². The maximum Gasteiger partial charge on any atom is 0.243 e. The molecular formula is C28H30Cl2N2O2S. The topological polar surface area (TPSA) is 49.4 Å². The maximum atomic E-state index is 13.6. The monoisotopic (exact) mass is 528 g/mol. The first-order chi connectivity index (χ1) is 16.8. The van der Waals surface area contributed by atoms with E-state index < -0.39 is 6.04 Å². The van der Waals surface area contributed by atoms with Crippen molar-refractivity contribution in [1.29, 1.82) is 0 Å². The Kier molecular flexibility index (Phi) is 10.5. The highest BCUT2D eigenvalue weighted by Gasteiger charge is 2.31. The molecule has 3 rings (SSSR count). The Balaban J connectivity index is 1.85. The van der Waals surface area contributed by atoms with E-state index in [2.05, 4.69) is 5.32 Å². The zero-order valence-electron chi connectivity index (χ0n) is 19.9. The molecule has 0 unspecified atom stereocenters.